The van der Waals surface area contributed by atoms with Crippen molar-refractivity contribution in [1.82, 2.24) is 0 Å². The highest BCUT2D eigenvalue weighted by Crippen LogP contribution is 2.19. The summed E-state index contributed by atoms with van der Waals surface area (Å²) in [6.45, 7) is 5.89. The van der Waals surface area contributed by atoms with E-state index in [4.69, 9.17) is 9.47 Å². The van der Waals surface area contributed by atoms with Gasteiger partial charge in [0.1, 0.15) is 12.4 Å². The molecule has 0 saturated heterocycles. The zero-order chi connectivity index (χ0) is 16.8. The molecule has 0 aliphatic rings. The van der Waals surface area contributed by atoms with Gasteiger partial charge in [0.05, 0.1) is 12.2 Å². The number of hydrogen-bond acceptors (Lipinski definition) is 4. The number of benzene rings is 2. The fraction of sp³-hybridized carbons (Fsp3) is 0.263. The summed E-state index contributed by atoms with van der Waals surface area (Å²) >= 11 is 0. The third-order valence-electron chi connectivity index (χ3n) is 3.42. The van der Waals surface area contributed by atoms with Gasteiger partial charge in [-0.2, -0.15) is 0 Å². The van der Waals surface area contributed by atoms with E-state index in [1.54, 1.807) is 44.2 Å². The van der Waals surface area contributed by atoms with E-state index in [0.29, 0.717) is 30.1 Å². The monoisotopic (exact) mass is 312 g/mol. The van der Waals surface area contributed by atoms with Crippen molar-refractivity contribution in [2.24, 2.45) is 0 Å². The van der Waals surface area contributed by atoms with Crippen LogP contribution in [0.4, 0.5) is 0 Å². The average molecular weight is 312 g/mol. The molecule has 120 valence electrons. The van der Waals surface area contributed by atoms with Crippen LogP contribution < -0.4 is 4.74 Å². The third kappa shape index (κ3) is 4.42. The molecule has 0 unspecified atom stereocenters. The predicted molar refractivity (Wildman–Crippen MR) is 87.9 cm³/mol. The standard InChI is InChI=1S/C19H20O4/c1-4-22-19(21)16-7-5-6-15(11-16)12-23-17-8-9-18(14(3)20)13(2)10-17/h5-11H,4,12H2,1-3H3. The first kappa shape index (κ1) is 16.7. The molecular formula is C19H20O4. The minimum atomic E-state index is -0.337. The summed E-state index contributed by atoms with van der Waals surface area (Å²) in [5.41, 5.74) is 2.97. The maximum absolute atomic E-state index is 11.7. The Morgan fingerprint density at radius 2 is 1.87 bits per heavy atom. The van der Waals surface area contributed by atoms with Crippen molar-refractivity contribution in [2.75, 3.05) is 6.61 Å². The molecule has 4 heteroatoms. The SMILES string of the molecule is CCOC(=O)c1cccc(COc2ccc(C(C)=O)c(C)c2)c1. The second-order valence-electron chi connectivity index (χ2n) is 5.24. The predicted octanol–water partition coefficient (Wildman–Crippen LogP) is 3.95. The number of rotatable bonds is 6. The Balaban J connectivity index is 2.06. The van der Waals surface area contributed by atoms with Crippen molar-refractivity contribution in [3.8, 4) is 5.75 Å². The Kier molecular flexibility index (Phi) is 5.52. The second-order valence-corrected chi connectivity index (χ2v) is 5.24. The van der Waals surface area contributed by atoms with E-state index < -0.39 is 0 Å². The number of esters is 1. The first-order valence-electron chi connectivity index (χ1n) is 7.51. The Morgan fingerprint density at radius 1 is 1.09 bits per heavy atom. The lowest BCUT2D eigenvalue weighted by atomic mass is 10.1. The molecule has 0 aliphatic carbocycles. The largest absolute Gasteiger partial charge is 0.489 e. The van der Waals surface area contributed by atoms with Gasteiger partial charge in [0.25, 0.3) is 0 Å². The molecule has 0 aromatic heterocycles. The molecule has 2 aromatic rings. The van der Waals surface area contributed by atoms with Gasteiger partial charge in [-0.3, -0.25) is 4.79 Å². The van der Waals surface area contributed by atoms with Gasteiger partial charge in [0.2, 0.25) is 0 Å². The van der Waals surface area contributed by atoms with E-state index in [1.165, 1.54) is 0 Å². The number of aryl methyl sites for hydroxylation is 1. The van der Waals surface area contributed by atoms with Gasteiger partial charge in [0.15, 0.2) is 5.78 Å². The van der Waals surface area contributed by atoms with E-state index in [0.717, 1.165) is 11.1 Å². The summed E-state index contributed by atoms with van der Waals surface area (Å²) in [4.78, 5) is 23.1. The zero-order valence-electron chi connectivity index (χ0n) is 13.6. The Morgan fingerprint density at radius 3 is 2.52 bits per heavy atom. The van der Waals surface area contributed by atoms with Crippen molar-refractivity contribution < 1.29 is 19.1 Å². The van der Waals surface area contributed by atoms with E-state index >= 15 is 0 Å². The Labute approximate surface area is 136 Å². The van der Waals surface area contributed by atoms with Crippen molar-refractivity contribution in [1.29, 1.82) is 0 Å². The van der Waals surface area contributed by atoms with Crippen LogP contribution in [-0.4, -0.2) is 18.4 Å². The molecule has 0 atom stereocenters. The molecule has 0 saturated carbocycles. The van der Waals surface area contributed by atoms with Crippen LogP contribution in [0.15, 0.2) is 42.5 Å². The molecule has 0 spiro atoms. The summed E-state index contributed by atoms with van der Waals surface area (Å²) < 4.78 is 10.7. The summed E-state index contributed by atoms with van der Waals surface area (Å²) in [6, 6.07) is 12.5. The fourth-order valence-corrected chi connectivity index (χ4v) is 2.29. The molecule has 23 heavy (non-hydrogen) atoms. The minimum absolute atomic E-state index is 0.0381. The number of Topliss-reactive ketones (excluding diaryl/α,β-unsaturated/α-hetero) is 1. The van der Waals surface area contributed by atoms with E-state index in [9.17, 15) is 9.59 Å². The lowest BCUT2D eigenvalue weighted by Gasteiger charge is -2.10. The van der Waals surface area contributed by atoms with Crippen molar-refractivity contribution in [2.45, 2.75) is 27.4 Å². The first-order valence-corrected chi connectivity index (χ1v) is 7.51. The van der Waals surface area contributed by atoms with Crippen LogP contribution in [-0.2, 0) is 11.3 Å². The van der Waals surface area contributed by atoms with Gasteiger partial charge in [-0.25, -0.2) is 4.79 Å². The Bertz CT molecular complexity index is 719. The number of ketones is 1. The third-order valence-corrected chi connectivity index (χ3v) is 3.42. The Hall–Kier alpha value is -2.62. The summed E-state index contributed by atoms with van der Waals surface area (Å²) in [5.74, 6) is 0.390. The molecule has 0 aliphatic heterocycles. The average Bonchev–Trinajstić information content (AvgIpc) is 2.53. The van der Waals surface area contributed by atoms with E-state index in [1.807, 2.05) is 19.1 Å². The molecule has 0 amide bonds. The van der Waals surface area contributed by atoms with E-state index in [2.05, 4.69) is 0 Å². The van der Waals surface area contributed by atoms with Gasteiger partial charge in [-0.15, -0.1) is 0 Å². The van der Waals surface area contributed by atoms with Crippen LogP contribution in [0.1, 0.15) is 45.7 Å². The van der Waals surface area contributed by atoms with Gasteiger partial charge in [-0.05, 0) is 62.2 Å². The molecule has 0 N–H and O–H groups in total. The van der Waals surface area contributed by atoms with Gasteiger partial charge >= 0.3 is 5.97 Å². The van der Waals surface area contributed by atoms with Crippen molar-refractivity contribution in [3.63, 3.8) is 0 Å². The van der Waals surface area contributed by atoms with Crippen LogP contribution in [0.25, 0.3) is 0 Å². The topological polar surface area (TPSA) is 52.6 Å². The van der Waals surface area contributed by atoms with Crippen LogP contribution in [0.2, 0.25) is 0 Å². The number of ether oxygens (including phenoxy) is 2. The molecular weight excluding hydrogens is 292 g/mol. The second kappa shape index (κ2) is 7.58. The summed E-state index contributed by atoms with van der Waals surface area (Å²) in [6.07, 6.45) is 0. The molecule has 2 rings (SSSR count). The number of carbonyl (C=O) groups excluding carboxylic acids is 2. The first-order chi connectivity index (χ1) is 11.0. The highest BCUT2D eigenvalue weighted by Gasteiger charge is 2.08. The van der Waals surface area contributed by atoms with Crippen LogP contribution in [0.5, 0.6) is 5.75 Å². The molecule has 0 heterocycles. The fourth-order valence-electron chi connectivity index (χ4n) is 2.29. The molecule has 0 radical (unpaired) electrons. The quantitative estimate of drug-likeness (QED) is 0.598. The van der Waals surface area contributed by atoms with E-state index in [-0.39, 0.29) is 11.8 Å². The van der Waals surface area contributed by atoms with Crippen LogP contribution >= 0.6 is 0 Å². The summed E-state index contributed by atoms with van der Waals surface area (Å²) in [7, 11) is 0. The highest BCUT2D eigenvalue weighted by molar-refractivity contribution is 5.95. The van der Waals surface area contributed by atoms with Crippen LogP contribution in [0.3, 0.4) is 0 Å². The molecule has 4 nitrogen and oxygen atoms in total. The van der Waals surface area contributed by atoms with Crippen LogP contribution in [0, 0.1) is 6.92 Å². The highest BCUT2D eigenvalue weighted by atomic mass is 16.5. The molecule has 2 aromatic carbocycles. The number of hydrogen-bond donors (Lipinski definition) is 0. The normalized spacial score (nSPS) is 10.2. The molecule has 0 fully saturated rings. The van der Waals surface area contributed by atoms with Gasteiger partial charge in [-0.1, -0.05) is 12.1 Å². The van der Waals surface area contributed by atoms with Crippen molar-refractivity contribution in [3.05, 3.63) is 64.7 Å². The maximum Gasteiger partial charge on any atom is 0.338 e. The minimum Gasteiger partial charge on any atom is -0.489 e. The lowest BCUT2D eigenvalue weighted by molar-refractivity contribution is 0.0526. The smallest absolute Gasteiger partial charge is 0.338 e. The van der Waals surface area contributed by atoms with Gasteiger partial charge in [0, 0.05) is 5.56 Å². The summed E-state index contributed by atoms with van der Waals surface area (Å²) in [5, 5.41) is 0. The van der Waals surface area contributed by atoms with Gasteiger partial charge < -0.3 is 9.47 Å². The molecule has 0 bridgehead atoms. The lowest BCUT2D eigenvalue weighted by Crippen LogP contribution is -2.05. The zero-order valence-corrected chi connectivity index (χ0v) is 13.6. The van der Waals surface area contributed by atoms with Crippen molar-refractivity contribution >= 4 is 11.8 Å². The number of carbonyl (C=O) groups is 2. The maximum atomic E-state index is 11.7.